The van der Waals surface area contributed by atoms with Crippen LogP contribution in [0, 0.1) is 0 Å². The fraction of sp³-hybridized carbons (Fsp3) is 0. The summed E-state index contributed by atoms with van der Waals surface area (Å²) >= 11 is 6.82. The molecule has 0 saturated heterocycles. The van der Waals surface area contributed by atoms with Gasteiger partial charge in [0.25, 0.3) is 0 Å². The van der Waals surface area contributed by atoms with Crippen LogP contribution in [-0.2, 0) is 0 Å². The molecule has 0 amide bonds. The first kappa shape index (κ1) is 9.45. The minimum Gasteiger partial charge on any atom is -0.229 e. The van der Waals surface area contributed by atoms with Gasteiger partial charge in [-0.05, 0) is 38.3 Å². The molecule has 0 saturated carbocycles. The molecule has 0 spiro atoms. The molecule has 0 atom stereocenters. The minimum atomic E-state index is 0.870. The summed E-state index contributed by atoms with van der Waals surface area (Å²) in [6.07, 6.45) is 1.58. The van der Waals surface area contributed by atoms with Crippen molar-refractivity contribution >= 4 is 48.8 Å². The molecule has 0 fully saturated rings. The number of hydrogen-bond donors (Lipinski definition) is 0. The van der Waals surface area contributed by atoms with E-state index in [4.69, 9.17) is 0 Å². The zero-order valence-corrected chi connectivity index (χ0v) is 10.7. The summed E-state index contributed by atoms with van der Waals surface area (Å²) < 4.78 is 0.870. The van der Waals surface area contributed by atoms with Gasteiger partial charge in [0.2, 0.25) is 0 Å². The molecule has 0 aromatic carbocycles. The van der Waals surface area contributed by atoms with E-state index in [0.29, 0.717) is 0 Å². The summed E-state index contributed by atoms with van der Waals surface area (Å²) in [5, 5.41) is 7.46. The molecule has 3 heterocycles. The molecule has 0 bridgehead atoms. The van der Waals surface area contributed by atoms with Crippen LogP contribution in [0.25, 0.3) is 21.3 Å². The molecule has 3 aromatic rings. The van der Waals surface area contributed by atoms with E-state index < -0.39 is 0 Å². The van der Waals surface area contributed by atoms with Crippen LogP contribution in [0.2, 0.25) is 0 Å². The largest absolute Gasteiger partial charge is 0.229 e. The summed E-state index contributed by atoms with van der Waals surface area (Å²) in [5.74, 6) is 0. The number of aromatic nitrogens is 2. The second-order valence-electron chi connectivity index (χ2n) is 3.01. The van der Waals surface area contributed by atoms with E-state index in [2.05, 4.69) is 48.1 Å². The summed E-state index contributed by atoms with van der Waals surface area (Å²) in [4.78, 5) is 9.45. The van der Waals surface area contributed by atoms with E-state index in [0.717, 1.165) is 14.8 Å². The van der Waals surface area contributed by atoms with E-state index >= 15 is 0 Å². The molecular weight excluding hydrogens is 292 g/mol. The van der Waals surface area contributed by atoms with Crippen molar-refractivity contribution in [1.82, 2.24) is 9.97 Å². The van der Waals surface area contributed by atoms with Crippen molar-refractivity contribution in [3.63, 3.8) is 0 Å². The van der Waals surface area contributed by atoms with Crippen molar-refractivity contribution in [1.29, 1.82) is 0 Å². The molecule has 0 N–H and O–H groups in total. The van der Waals surface area contributed by atoms with Crippen LogP contribution in [-0.4, -0.2) is 9.97 Å². The van der Waals surface area contributed by atoms with Gasteiger partial charge in [-0.1, -0.05) is 0 Å². The number of thiophene rings is 2. The highest BCUT2D eigenvalue weighted by molar-refractivity contribution is 9.10. The second-order valence-corrected chi connectivity index (χ2v) is 5.40. The van der Waals surface area contributed by atoms with Crippen LogP contribution < -0.4 is 0 Å². The van der Waals surface area contributed by atoms with Crippen LogP contribution in [0.15, 0.2) is 33.1 Å². The standard InChI is InChI=1S/C10H5BrN2S2/c11-9-8-7(6-1-2-14-3-6)4-15-10(8)13-5-12-9/h1-5H. The van der Waals surface area contributed by atoms with Gasteiger partial charge in [0.1, 0.15) is 15.8 Å². The van der Waals surface area contributed by atoms with Crippen molar-refractivity contribution in [2.24, 2.45) is 0 Å². The molecule has 3 rings (SSSR count). The lowest BCUT2D eigenvalue weighted by atomic mass is 10.1. The highest BCUT2D eigenvalue weighted by Crippen LogP contribution is 2.36. The lowest BCUT2D eigenvalue weighted by Gasteiger charge is -1.96. The predicted octanol–water partition coefficient (Wildman–Crippen LogP) is 4.18. The van der Waals surface area contributed by atoms with Gasteiger partial charge in [0.05, 0.1) is 5.39 Å². The molecular formula is C10H5BrN2S2. The van der Waals surface area contributed by atoms with Gasteiger partial charge >= 0.3 is 0 Å². The number of fused-ring (bicyclic) bond motifs is 1. The van der Waals surface area contributed by atoms with Gasteiger partial charge in [0, 0.05) is 10.9 Å². The molecule has 0 aliphatic heterocycles. The molecule has 2 nitrogen and oxygen atoms in total. The van der Waals surface area contributed by atoms with Crippen molar-refractivity contribution in [2.75, 3.05) is 0 Å². The Morgan fingerprint density at radius 3 is 2.93 bits per heavy atom. The Morgan fingerprint density at radius 2 is 2.13 bits per heavy atom. The molecule has 3 aromatic heterocycles. The van der Waals surface area contributed by atoms with Crippen molar-refractivity contribution in [3.8, 4) is 11.1 Å². The lowest BCUT2D eigenvalue weighted by Crippen LogP contribution is -1.80. The third-order valence-corrected chi connectivity index (χ3v) is 4.33. The van der Waals surface area contributed by atoms with Crippen LogP contribution in [0.4, 0.5) is 0 Å². The maximum absolute atomic E-state index is 4.25. The first-order valence-corrected chi connectivity index (χ1v) is 6.88. The average Bonchev–Trinajstić information content (AvgIpc) is 2.85. The van der Waals surface area contributed by atoms with E-state index in [1.54, 1.807) is 29.0 Å². The Hall–Kier alpha value is -0.780. The van der Waals surface area contributed by atoms with E-state index in [1.165, 1.54) is 11.1 Å². The number of rotatable bonds is 1. The fourth-order valence-electron chi connectivity index (χ4n) is 1.47. The summed E-state index contributed by atoms with van der Waals surface area (Å²) in [7, 11) is 0. The third kappa shape index (κ3) is 1.51. The van der Waals surface area contributed by atoms with E-state index in [1.807, 2.05) is 0 Å². The fourth-order valence-corrected chi connectivity index (χ4v) is 3.66. The third-order valence-electron chi connectivity index (χ3n) is 2.16. The van der Waals surface area contributed by atoms with Gasteiger partial charge in [0.15, 0.2) is 0 Å². The van der Waals surface area contributed by atoms with Gasteiger partial charge in [-0.3, -0.25) is 0 Å². The zero-order chi connectivity index (χ0) is 10.3. The lowest BCUT2D eigenvalue weighted by molar-refractivity contribution is 1.20. The first-order chi connectivity index (χ1) is 7.36. The predicted molar refractivity (Wildman–Crippen MR) is 68.4 cm³/mol. The molecule has 0 unspecified atom stereocenters. The molecule has 74 valence electrons. The van der Waals surface area contributed by atoms with Crippen LogP contribution in [0.3, 0.4) is 0 Å². The van der Waals surface area contributed by atoms with Crippen molar-refractivity contribution < 1.29 is 0 Å². The Balaban J connectivity index is 2.37. The first-order valence-electron chi connectivity index (χ1n) is 4.26. The van der Waals surface area contributed by atoms with Crippen LogP contribution in [0.1, 0.15) is 0 Å². The van der Waals surface area contributed by atoms with Crippen LogP contribution >= 0.6 is 38.6 Å². The maximum atomic E-state index is 4.25. The molecule has 0 aliphatic carbocycles. The highest BCUT2D eigenvalue weighted by Gasteiger charge is 2.11. The SMILES string of the molecule is Brc1ncnc2scc(-c3ccsc3)c12. The normalized spacial score (nSPS) is 11.0. The minimum absolute atomic E-state index is 0.870. The second kappa shape index (κ2) is 3.66. The van der Waals surface area contributed by atoms with Gasteiger partial charge in [-0.15, -0.1) is 11.3 Å². The van der Waals surface area contributed by atoms with Gasteiger partial charge < -0.3 is 0 Å². The zero-order valence-electron chi connectivity index (χ0n) is 7.48. The van der Waals surface area contributed by atoms with Crippen LogP contribution in [0.5, 0.6) is 0 Å². The molecule has 15 heavy (non-hydrogen) atoms. The van der Waals surface area contributed by atoms with Crippen molar-refractivity contribution in [3.05, 3.63) is 33.1 Å². The maximum Gasteiger partial charge on any atom is 0.128 e. The highest BCUT2D eigenvalue weighted by atomic mass is 79.9. The number of halogens is 1. The van der Waals surface area contributed by atoms with Gasteiger partial charge in [-0.2, -0.15) is 11.3 Å². The Labute approximate surface area is 103 Å². The molecule has 0 radical (unpaired) electrons. The Kier molecular flexibility index (Phi) is 2.31. The van der Waals surface area contributed by atoms with E-state index in [-0.39, 0.29) is 0 Å². The van der Waals surface area contributed by atoms with Crippen molar-refractivity contribution in [2.45, 2.75) is 0 Å². The average molecular weight is 297 g/mol. The summed E-state index contributed by atoms with van der Waals surface area (Å²) in [6.45, 7) is 0. The molecule has 0 aliphatic rings. The number of nitrogens with zero attached hydrogens (tertiary/aromatic N) is 2. The Morgan fingerprint density at radius 1 is 1.20 bits per heavy atom. The smallest absolute Gasteiger partial charge is 0.128 e. The monoisotopic (exact) mass is 296 g/mol. The topological polar surface area (TPSA) is 25.8 Å². The van der Waals surface area contributed by atoms with E-state index in [9.17, 15) is 0 Å². The Bertz CT molecular complexity index is 601. The van der Waals surface area contributed by atoms with Gasteiger partial charge in [-0.25, -0.2) is 9.97 Å². The summed E-state index contributed by atoms with van der Waals surface area (Å²) in [6, 6.07) is 2.12. The summed E-state index contributed by atoms with van der Waals surface area (Å²) in [5.41, 5.74) is 2.45. The molecule has 5 heteroatoms. The quantitative estimate of drug-likeness (QED) is 0.630. The number of hydrogen-bond acceptors (Lipinski definition) is 4.